The Morgan fingerprint density at radius 3 is 2.77 bits per heavy atom. The minimum atomic E-state index is -0.760. The number of ether oxygens (including phenoxy) is 2. The summed E-state index contributed by atoms with van der Waals surface area (Å²) in [6.45, 7) is 0.665. The van der Waals surface area contributed by atoms with E-state index in [2.05, 4.69) is 5.32 Å². The maximum Gasteiger partial charge on any atom is 0.247 e. The quantitative estimate of drug-likeness (QED) is 0.760. The lowest BCUT2D eigenvalue weighted by Gasteiger charge is -2.49. The molecule has 1 N–H and O–H groups in total. The third kappa shape index (κ3) is 4.01. The van der Waals surface area contributed by atoms with E-state index in [1.165, 1.54) is 19.3 Å². The van der Waals surface area contributed by atoms with Gasteiger partial charge < -0.3 is 19.7 Å². The number of fused-ring (bicyclic) bond motifs is 2. The van der Waals surface area contributed by atoms with Crippen LogP contribution >= 0.6 is 11.8 Å². The van der Waals surface area contributed by atoms with Gasteiger partial charge in [0.05, 0.1) is 0 Å². The minimum Gasteiger partial charge on any atom is -0.454 e. The van der Waals surface area contributed by atoms with Crippen LogP contribution in [0.25, 0.3) is 0 Å². The Labute approximate surface area is 188 Å². The maximum absolute atomic E-state index is 13.9. The first-order valence-electron chi connectivity index (χ1n) is 11.8. The molecule has 4 aliphatic rings. The van der Waals surface area contributed by atoms with Crippen LogP contribution in [0.1, 0.15) is 69.8 Å². The van der Waals surface area contributed by atoms with Crippen LogP contribution in [0.3, 0.4) is 0 Å². The number of thioether (sulfide) groups is 1. The molecule has 2 aliphatic heterocycles. The highest BCUT2D eigenvalue weighted by molar-refractivity contribution is 8.00. The number of amides is 2. The van der Waals surface area contributed by atoms with E-state index < -0.39 is 5.54 Å². The average molecular weight is 445 g/mol. The van der Waals surface area contributed by atoms with Crippen molar-refractivity contribution in [2.75, 3.05) is 12.5 Å². The third-order valence-corrected chi connectivity index (χ3v) is 8.80. The zero-order valence-corrected chi connectivity index (χ0v) is 18.9. The molecule has 2 amide bonds. The van der Waals surface area contributed by atoms with Crippen molar-refractivity contribution in [1.82, 2.24) is 10.2 Å². The number of carbonyl (C=O) groups is 2. The van der Waals surface area contributed by atoms with Gasteiger partial charge in [-0.3, -0.25) is 9.59 Å². The van der Waals surface area contributed by atoms with Crippen molar-refractivity contribution in [2.45, 2.75) is 87.6 Å². The Kier molecular flexibility index (Phi) is 6.04. The zero-order valence-electron chi connectivity index (χ0n) is 18.1. The topological polar surface area (TPSA) is 67.9 Å². The van der Waals surface area contributed by atoms with E-state index in [9.17, 15) is 9.59 Å². The molecule has 31 heavy (non-hydrogen) atoms. The summed E-state index contributed by atoms with van der Waals surface area (Å²) in [5.74, 6) is 2.41. The van der Waals surface area contributed by atoms with Crippen molar-refractivity contribution in [3.63, 3.8) is 0 Å². The summed E-state index contributed by atoms with van der Waals surface area (Å²) in [6.07, 6.45) is 10.1. The summed E-state index contributed by atoms with van der Waals surface area (Å²) in [6, 6.07) is 6.10. The van der Waals surface area contributed by atoms with Crippen molar-refractivity contribution >= 4 is 23.6 Å². The molecule has 0 radical (unpaired) electrons. The fourth-order valence-corrected chi connectivity index (χ4v) is 7.23. The lowest BCUT2D eigenvalue weighted by Crippen LogP contribution is -2.66. The number of rotatable bonds is 4. The molecule has 2 atom stereocenters. The second-order valence-corrected chi connectivity index (χ2v) is 10.6. The smallest absolute Gasteiger partial charge is 0.247 e. The normalized spacial score (nSPS) is 28.7. The second kappa shape index (κ2) is 8.93. The summed E-state index contributed by atoms with van der Waals surface area (Å²) < 4.78 is 11.0. The van der Waals surface area contributed by atoms with Gasteiger partial charge in [-0.1, -0.05) is 38.2 Å². The molecule has 2 heterocycles. The molecule has 168 valence electrons. The van der Waals surface area contributed by atoms with Crippen LogP contribution in [0.2, 0.25) is 0 Å². The minimum absolute atomic E-state index is 0.0765. The maximum atomic E-state index is 13.9. The number of benzene rings is 1. The zero-order chi connectivity index (χ0) is 21.3. The molecule has 0 aromatic heterocycles. The molecular weight excluding hydrogens is 412 g/mol. The summed E-state index contributed by atoms with van der Waals surface area (Å²) >= 11 is 1.83. The van der Waals surface area contributed by atoms with Gasteiger partial charge in [-0.2, -0.15) is 11.8 Å². The molecule has 3 fully saturated rings. The number of carbonyl (C=O) groups excluding carboxylic acids is 2. The van der Waals surface area contributed by atoms with Gasteiger partial charge in [-0.25, -0.2) is 0 Å². The molecule has 0 unspecified atom stereocenters. The van der Waals surface area contributed by atoms with Gasteiger partial charge in [0.1, 0.15) is 5.54 Å². The third-order valence-electron chi connectivity index (χ3n) is 7.34. The molecule has 2 saturated carbocycles. The van der Waals surface area contributed by atoms with Crippen molar-refractivity contribution in [3.05, 3.63) is 23.8 Å². The van der Waals surface area contributed by atoms with Gasteiger partial charge in [0.2, 0.25) is 18.6 Å². The van der Waals surface area contributed by atoms with Crippen molar-refractivity contribution in [2.24, 2.45) is 0 Å². The Bertz CT molecular complexity index is 841. The van der Waals surface area contributed by atoms with Crippen LogP contribution < -0.4 is 14.8 Å². The van der Waals surface area contributed by atoms with Crippen LogP contribution in [0, 0.1) is 0 Å². The first-order chi connectivity index (χ1) is 15.2. The summed E-state index contributed by atoms with van der Waals surface area (Å²) in [7, 11) is 0. The number of hydrogen-bond acceptors (Lipinski definition) is 5. The first-order valence-corrected chi connectivity index (χ1v) is 12.8. The van der Waals surface area contributed by atoms with Crippen molar-refractivity contribution in [3.8, 4) is 11.5 Å². The first kappa shape index (κ1) is 21.0. The summed E-state index contributed by atoms with van der Waals surface area (Å²) in [5, 5.41) is 3.55. The van der Waals surface area contributed by atoms with Crippen molar-refractivity contribution < 1.29 is 19.1 Å². The second-order valence-electron chi connectivity index (χ2n) is 9.26. The van der Waals surface area contributed by atoms with E-state index in [-0.39, 0.29) is 29.9 Å². The Morgan fingerprint density at radius 1 is 1.10 bits per heavy atom. The largest absolute Gasteiger partial charge is 0.454 e. The van der Waals surface area contributed by atoms with Crippen LogP contribution in [0.15, 0.2) is 18.2 Å². The number of nitrogens with one attached hydrogen (secondary N) is 1. The molecule has 0 spiro atoms. The van der Waals surface area contributed by atoms with Crippen LogP contribution in [-0.2, 0) is 16.1 Å². The van der Waals surface area contributed by atoms with Crippen molar-refractivity contribution in [1.29, 1.82) is 0 Å². The van der Waals surface area contributed by atoms with Crippen LogP contribution in [0.4, 0.5) is 0 Å². The lowest BCUT2D eigenvalue weighted by molar-refractivity contribution is -0.150. The monoisotopic (exact) mass is 444 g/mol. The molecule has 7 heteroatoms. The van der Waals surface area contributed by atoms with Gasteiger partial charge >= 0.3 is 0 Å². The predicted molar refractivity (Wildman–Crippen MR) is 120 cm³/mol. The van der Waals surface area contributed by atoms with Crippen LogP contribution in [-0.4, -0.2) is 46.1 Å². The van der Waals surface area contributed by atoms with Gasteiger partial charge in [0, 0.05) is 30.0 Å². The molecular formula is C24H32N2O4S. The van der Waals surface area contributed by atoms with Gasteiger partial charge in [-0.15, -0.1) is 0 Å². The molecule has 5 rings (SSSR count). The SMILES string of the molecule is O=C1CCS[C@@H]2CCCC[C@@]2(C(=O)NC2CCCCC2)N1Cc1ccc2c(c1)OCO2. The predicted octanol–water partition coefficient (Wildman–Crippen LogP) is 4.01. The lowest BCUT2D eigenvalue weighted by atomic mass is 9.77. The molecule has 0 bridgehead atoms. The van der Waals surface area contributed by atoms with Crippen LogP contribution in [0.5, 0.6) is 11.5 Å². The van der Waals surface area contributed by atoms with E-state index in [4.69, 9.17) is 9.47 Å². The highest BCUT2D eigenvalue weighted by atomic mass is 32.2. The van der Waals surface area contributed by atoms with Gasteiger partial charge in [-0.05, 0) is 43.4 Å². The standard InChI is InChI=1S/C24H32N2O4S/c27-22-11-13-31-21-8-4-5-12-24(21,23(28)25-18-6-2-1-3-7-18)26(22)15-17-9-10-19-20(14-17)30-16-29-19/h9-10,14,18,21H,1-8,11-13,15-16H2,(H,25,28)/t21-,24-/m1/s1. The molecule has 2 aliphatic carbocycles. The molecule has 1 aromatic carbocycles. The summed E-state index contributed by atoms with van der Waals surface area (Å²) in [4.78, 5) is 29.3. The summed E-state index contributed by atoms with van der Waals surface area (Å²) in [5.41, 5.74) is 0.225. The Hall–Kier alpha value is -1.89. The van der Waals surface area contributed by atoms with Gasteiger partial charge in [0.15, 0.2) is 11.5 Å². The number of nitrogens with zero attached hydrogens (tertiary/aromatic N) is 1. The molecule has 1 saturated heterocycles. The average Bonchev–Trinajstić information content (AvgIpc) is 3.21. The van der Waals surface area contributed by atoms with Gasteiger partial charge in [0.25, 0.3) is 0 Å². The highest BCUT2D eigenvalue weighted by Gasteiger charge is 2.54. The Balaban J connectivity index is 1.47. The number of hydrogen-bond donors (Lipinski definition) is 1. The van der Waals surface area contributed by atoms with E-state index in [0.717, 1.165) is 61.3 Å². The molecule has 6 nitrogen and oxygen atoms in total. The Morgan fingerprint density at radius 2 is 1.90 bits per heavy atom. The van der Waals surface area contributed by atoms with E-state index in [1.54, 1.807) is 0 Å². The fraction of sp³-hybridized carbons (Fsp3) is 0.667. The van der Waals surface area contributed by atoms with E-state index >= 15 is 0 Å². The van der Waals surface area contributed by atoms with E-state index in [1.807, 2.05) is 34.9 Å². The molecule has 1 aromatic rings. The highest BCUT2D eigenvalue weighted by Crippen LogP contribution is 2.45. The van der Waals surface area contributed by atoms with E-state index in [0.29, 0.717) is 13.0 Å². The fourth-order valence-electron chi connectivity index (χ4n) is 5.69.